The summed E-state index contributed by atoms with van der Waals surface area (Å²) in [4.78, 5) is 6.62. The van der Waals surface area contributed by atoms with Crippen molar-refractivity contribution in [3.8, 4) is 17.0 Å². The fraction of sp³-hybridized carbons (Fsp3) is 0.130. The van der Waals surface area contributed by atoms with Crippen molar-refractivity contribution < 1.29 is 10.2 Å². The van der Waals surface area contributed by atoms with Crippen LogP contribution in [0.5, 0.6) is 5.88 Å². The van der Waals surface area contributed by atoms with Crippen molar-refractivity contribution >= 4 is 32.6 Å². The number of aromatic hydroxyl groups is 1. The molecule has 0 aliphatic heterocycles. The van der Waals surface area contributed by atoms with Crippen LogP contribution in [0.2, 0.25) is 0 Å². The smallest absolute Gasteiger partial charge is 0.197 e. The number of benzene rings is 3. The summed E-state index contributed by atoms with van der Waals surface area (Å²) in [5.74, 6) is 0.209. The van der Waals surface area contributed by atoms with Gasteiger partial charge in [0.25, 0.3) is 0 Å². The number of hydrogen-bond acceptors (Lipinski definition) is 2. The Balaban J connectivity index is 1.85. The van der Waals surface area contributed by atoms with Crippen LogP contribution in [0.3, 0.4) is 0 Å². The average Bonchev–Trinajstić information content (AvgIpc) is 3.33. The molecule has 4 nitrogen and oxygen atoms in total. The fourth-order valence-corrected chi connectivity index (χ4v) is 4.70. The second-order valence-electron chi connectivity index (χ2n) is 7.47. The number of hydrogen-bond donors (Lipinski definition) is 4. The highest BCUT2D eigenvalue weighted by Crippen LogP contribution is 2.49. The number of rotatable bonds is 1. The number of aliphatic hydroxyl groups excluding tert-OH is 1. The summed E-state index contributed by atoms with van der Waals surface area (Å²) < 4.78 is 0. The third-order valence-corrected chi connectivity index (χ3v) is 5.94. The molecule has 1 atom stereocenters. The molecule has 0 amide bonds. The van der Waals surface area contributed by atoms with Crippen LogP contribution in [0.4, 0.5) is 0 Å². The van der Waals surface area contributed by atoms with Gasteiger partial charge in [0.1, 0.15) is 0 Å². The standard InChI is InChI=1S/C23H18N2O2/c1-11(26)12-6-7-18-15(8-12)20-17-10-24-23(27)21(17)19-14-5-3-2-4-13(14)9-16(19)22(20)25-18/h2-8,10-11,24-27H,9H2,1H3. The molecule has 0 saturated heterocycles. The van der Waals surface area contributed by atoms with Crippen LogP contribution in [-0.4, -0.2) is 20.2 Å². The van der Waals surface area contributed by atoms with Gasteiger partial charge in [-0.3, -0.25) is 0 Å². The molecule has 1 aliphatic carbocycles. The number of nitrogens with one attached hydrogen (secondary N) is 2. The first-order valence-corrected chi connectivity index (χ1v) is 9.20. The first kappa shape index (κ1) is 14.9. The molecule has 2 heterocycles. The SMILES string of the molecule is CC(O)c1ccc2[nH]c3c4c(c5c(O)[nH]cc5c3c2c1)-c1ccccc1C4. The molecule has 0 radical (unpaired) electrons. The maximum atomic E-state index is 10.6. The Kier molecular flexibility index (Phi) is 2.72. The Morgan fingerprint density at radius 3 is 2.74 bits per heavy atom. The van der Waals surface area contributed by atoms with E-state index < -0.39 is 6.10 Å². The molecule has 2 aromatic heterocycles. The van der Waals surface area contributed by atoms with Crippen molar-refractivity contribution in [2.45, 2.75) is 19.4 Å². The normalized spacial score (nSPS) is 14.1. The van der Waals surface area contributed by atoms with Crippen LogP contribution in [-0.2, 0) is 6.42 Å². The Bertz CT molecular complexity index is 1390. The predicted octanol–water partition coefficient (Wildman–Crippen LogP) is 5.13. The zero-order valence-electron chi connectivity index (χ0n) is 14.8. The molecule has 0 bridgehead atoms. The van der Waals surface area contributed by atoms with Crippen LogP contribution in [0, 0.1) is 0 Å². The molecule has 0 saturated carbocycles. The summed E-state index contributed by atoms with van der Waals surface area (Å²) in [6, 6.07) is 14.5. The van der Waals surface area contributed by atoms with Crippen molar-refractivity contribution in [3.05, 3.63) is 65.4 Å². The third-order valence-electron chi connectivity index (χ3n) is 5.94. The molecule has 1 unspecified atom stereocenters. The highest BCUT2D eigenvalue weighted by molar-refractivity contribution is 6.26. The largest absolute Gasteiger partial charge is 0.494 e. The van der Waals surface area contributed by atoms with Crippen LogP contribution in [0.1, 0.15) is 29.7 Å². The lowest BCUT2D eigenvalue weighted by Gasteiger charge is -2.07. The third kappa shape index (κ3) is 1.80. The number of fused-ring (bicyclic) bond motifs is 10. The number of aromatic amines is 2. The van der Waals surface area contributed by atoms with Gasteiger partial charge in [-0.2, -0.15) is 0 Å². The molecule has 6 rings (SSSR count). The molecule has 4 heteroatoms. The molecule has 0 spiro atoms. The lowest BCUT2D eigenvalue weighted by atomic mass is 9.95. The van der Waals surface area contributed by atoms with Gasteiger partial charge in [-0.15, -0.1) is 0 Å². The second kappa shape index (κ2) is 4.93. The van der Waals surface area contributed by atoms with E-state index in [0.717, 1.165) is 50.1 Å². The zero-order chi connectivity index (χ0) is 18.3. The predicted molar refractivity (Wildman–Crippen MR) is 108 cm³/mol. The fourth-order valence-electron chi connectivity index (χ4n) is 4.70. The zero-order valence-corrected chi connectivity index (χ0v) is 14.8. The van der Waals surface area contributed by atoms with Crippen LogP contribution >= 0.6 is 0 Å². The van der Waals surface area contributed by atoms with E-state index in [1.165, 1.54) is 16.7 Å². The summed E-state index contributed by atoms with van der Waals surface area (Å²) in [5.41, 5.74) is 7.87. The Labute approximate surface area is 155 Å². The Morgan fingerprint density at radius 2 is 1.89 bits per heavy atom. The molecule has 1 aliphatic rings. The van der Waals surface area contributed by atoms with Crippen molar-refractivity contribution in [2.75, 3.05) is 0 Å². The van der Waals surface area contributed by atoms with Crippen molar-refractivity contribution in [1.29, 1.82) is 0 Å². The van der Waals surface area contributed by atoms with E-state index in [1.54, 1.807) is 6.92 Å². The van der Waals surface area contributed by atoms with Gasteiger partial charge in [-0.05, 0) is 41.3 Å². The van der Waals surface area contributed by atoms with Crippen LogP contribution < -0.4 is 0 Å². The molecule has 27 heavy (non-hydrogen) atoms. The van der Waals surface area contributed by atoms with Crippen molar-refractivity contribution in [2.24, 2.45) is 0 Å². The maximum Gasteiger partial charge on any atom is 0.197 e. The van der Waals surface area contributed by atoms with E-state index >= 15 is 0 Å². The van der Waals surface area contributed by atoms with E-state index in [0.29, 0.717) is 0 Å². The summed E-state index contributed by atoms with van der Waals surface area (Å²) in [6.45, 7) is 1.78. The summed E-state index contributed by atoms with van der Waals surface area (Å²) >= 11 is 0. The lowest BCUT2D eigenvalue weighted by Crippen LogP contribution is -1.89. The van der Waals surface area contributed by atoms with Gasteiger partial charge in [0.05, 0.1) is 17.0 Å². The van der Waals surface area contributed by atoms with Crippen molar-refractivity contribution in [3.63, 3.8) is 0 Å². The summed E-state index contributed by atoms with van der Waals surface area (Å²) in [5, 5.41) is 24.7. The van der Waals surface area contributed by atoms with Gasteiger partial charge in [-0.25, -0.2) is 0 Å². The highest BCUT2D eigenvalue weighted by Gasteiger charge is 2.28. The first-order valence-electron chi connectivity index (χ1n) is 9.20. The van der Waals surface area contributed by atoms with E-state index in [9.17, 15) is 10.2 Å². The minimum Gasteiger partial charge on any atom is -0.494 e. The minimum absolute atomic E-state index is 0.209. The Hall–Kier alpha value is -3.24. The van der Waals surface area contributed by atoms with Gasteiger partial charge in [0.2, 0.25) is 0 Å². The number of aromatic nitrogens is 2. The van der Waals surface area contributed by atoms with E-state index in [4.69, 9.17) is 0 Å². The molecular weight excluding hydrogens is 336 g/mol. The quantitative estimate of drug-likeness (QED) is 0.330. The van der Waals surface area contributed by atoms with Gasteiger partial charge in [-0.1, -0.05) is 30.3 Å². The summed E-state index contributed by atoms with van der Waals surface area (Å²) in [7, 11) is 0. The minimum atomic E-state index is -0.520. The number of H-pyrrole nitrogens is 2. The molecule has 0 fully saturated rings. The summed E-state index contributed by atoms with van der Waals surface area (Å²) in [6.07, 6.45) is 2.21. The topological polar surface area (TPSA) is 72.0 Å². The Morgan fingerprint density at radius 1 is 1.04 bits per heavy atom. The lowest BCUT2D eigenvalue weighted by molar-refractivity contribution is 0.199. The van der Waals surface area contributed by atoms with Crippen LogP contribution in [0.25, 0.3) is 43.7 Å². The molecule has 132 valence electrons. The van der Waals surface area contributed by atoms with E-state index in [1.807, 2.05) is 24.4 Å². The van der Waals surface area contributed by atoms with E-state index in [2.05, 4.69) is 34.2 Å². The van der Waals surface area contributed by atoms with E-state index in [-0.39, 0.29) is 5.88 Å². The second-order valence-corrected chi connectivity index (χ2v) is 7.47. The number of aliphatic hydroxyl groups is 1. The molecule has 3 aromatic carbocycles. The van der Waals surface area contributed by atoms with Gasteiger partial charge in [0.15, 0.2) is 5.88 Å². The highest BCUT2D eigenvalue weighted by atomic mass is 16.3. The first-order chi connectivity index (χ1) is 13.1. The molecule has 4 N–H and O–H groups in total. The van der Waals surface area contributed by atoms with Gasteiger partial charge < -0.3 is 20.2 Å². The van der Waals surface area contributed by atoms with Gasteiger partial charge in [0, 0.05) is 39.9 Å². The molecular formula is C23H18N2O2. The average molecular weight is 354 g/mol. The maximum absolute atomic E-state index is 10.6. The monoisotopic (exact) mass is 354 g/mol. The van der Waals surface area contributed by atoms with Crippen molar-refractivity contribution in [1.82, 2.24) is 9.97 Å². The van der Waals surface area contributed by atoms with Crippen LogP contribution in [0.15, 0.2) is 48.7 Å². The molecule has 5 aromatic rings. The van der Waals surface area contributed by atoms with Gasteiger partial charge >= 0.3 is 0 Å².